The van der Waals surface area contributed by atoms with Crippen LogP contribution in [0.3, 0.4) is 0 Å². The van der Waals surface area contributed by atoms with Crippen molar-refractivity contribution in [2.45, 2.75) is 13.0 Å². The number of halogens is 1. The van der Waals surface area contributed by atoms with Gasteiger partial charge in [0.15, 0.2) is 0 Å². The molecule has 4 heteroatoms. The van der Waals surface area contributed by atoms with Crippen LogP contribution in [0.25, 0.3) is 0 Å². The van der Waals surface area contributed by atoms with E-state index in [1.807, 2.05) is 0 Å². The van der Waals surface area contributed by atoms with E-state index < -0.39 is 11.9 Å². The van der Waals surface area contributed by atoms with Crippen LogP contribution in [0.1, 0.15) is 18.6 Å². The summed E-state index contributed by atoms with van der Waals surface area (Å²) in [5.41, 5.74) is 0.405. The van der Waals surface area contributed by atoms with E-state index in [1.54, 1.807) is 38.3 Å². The summed E-state index contributed by atoms with van der Waals surface area (Å²) in [7, 11) is 1.57. The Labute approximate surface area is 111 Å². The highest BCUT2D eigenvalue weighted by atomic mass is 19.1. The van der Waals surface area contributed by atoms with Gasteiger partial charge in [0.05, 0.1) is 13.2 Å². The first-order chi connectivity index (χ1) is 9.10. The summed E-state index contributed by atoms with van der Waals surface area (Å²) in [5, 5.41) is 9.64. The Hall–Kier alpha value is -2.07. The van der Waals surface area contributed by atoms with Crippen molar-refractivity contribution in [3.8, 4) is 17.2 Å². The van der Waals surface area contributed by atoms with E-state index in [0.29, 0.717) is 22.8 Å². The van der Waals surface area contributed by atoms with Gasteiger partial charge in [-0.15, -0.1) is 0 Å². The van der Waals surface area contributed by atoms with Crippen LogP contribution < -0.4 is 9.47 Å². The molecule has 100 valence electrons. The van der Waals surface area contributed by atoms with Gasteiger partial charge in [0.25, 0.3) is 0 Å². The molecule has 2 aromatic carbocycles. The fraction of sp³-hybridized carbons (Fsp3) is 0.200. The van der Waals surface area contributed by atoms with Gasteiger partial charge in [0.1, 0.15) is 23.1 Å². The summed E-state index contributed by atoms with van der Waals surface area (Å²) < 4.78 is 23.9. The number of aliphatic hydroxyl groups is 1. The molecule has 0 aliphatic carbocycles. The van der Waals surface area contributed by atoms with E-state index in [0.717, 1.165) is 0 Å². The Kier molecular flexibility index (Phi) is 4.02. The molecule has 0 saturated heterocycles. The molecular formula is C15H15FO3. The molecule has 0 unspecified atom stereocenters. The first kappa shape index (κ1) is 13.4. The third-order valence-corrected chi connectivity index (χ3v) is 2.69. The largest absolute Gasteiger partial charge is 0.497 e. The Balaban J connectivity index is 2.32. The highest BCUT2D eigenvalue weighted by Gasteiger charge is 2.11. The van der Waals surface area contributed by atoms with Crippen LogP contribution in [0, 0.1) is 5.82 Å². The fourth-order valence-corrected chi connectivity index (χ4v) is 1.73. The second-order valence-electron chi connectivity index (χ2n) is 4.14. The maximum absolute atomic E-state index is 13.2. The highest BCUT2D eigenvalue weighted by Crippen LogP contribution is 2.31. The molecule has 0 amide bonds. The van der Waals surface area contributed by atoms with E-state index in [1.165, 1.54) is 18.2 Å². The quantitative estimate of drug-likeness (QED) is 0.913. The van der Waals surface area contributed by atoms with Gasteiger partial charge in [-0.05, 0) is 37.3 Å². The predicted octanol–water partition coefficient (Wildman–Crippen LogP) is 3.68. The number of benzene rings is 2. The van der Waals surface area contributed by atoms with E-state index in [-0.39, 0.29) is 0 Å². The van der Waals surface area contributed by atoms with Crippen molar-refractivity contribution < 1.29 is 19.0 Å². The third-order valence-electron chi connectivity index (χ3n) is 2.69. The average Bonchev–Trinajstić information content (AvgIpc) is 2.41. The van der Waals surface area contributed by atoms with Crippen molar-refractivity contribution in [2.75, 3.05) is 7.11 Å². The molecule has 2 rings (SSSR count). The topological polar surface area (TPSA) is 38.7 Å². The van der Waals surface area contributed by atoms with Gasteiger partial charge in [-0.1, -0.05) is 6.07 Å². The van der Waals surface area contributed by atoms with Crippen molar-refractivity contribution in [1.82, 2.24) is 0 Å². The molecule has 3 nitrogen and oxygen atoms in total. The number of aliphatic hydroxyl groups excluding tert-OH is 1. The minimum Gasteiger partial charge on any atom is -0.497 e. The van der Waals surface area contributed by atoms with Gasteiger partial charge in [-0.2, -0.15) is 0 Å². The van der Waals surface area contributed by atoms with Crippen LogP contribution >= 0.6 is 0 Å². The molecular weight excluding hydrogens is 247 g/mol. The second-order valence-corrected chi connectivity index (χ2v) is 4.14. The number of hydrogen-bond acceptors (Lipinski definition) is 3. The van der Waals surface area contributed by atoms with E-state index in [9.17, 15) is 9.50 Å². The molecule has 1 atom stereocenters. The lowest BCUT2D eigenvalue weighted by Crippen LogP contribution is -1.97. The first-order valence-corrected chi connectivity index (χ1v) is 5.89. The molecule has 0 radical (unpaired) electrons. The van der Waals surface area contributed by atoms with Gasteiger partial charge in [0, 0.05) is 11.6 Å². The lowest BCUT2D eigenvalue weighted by atomic mass is 10.1. The first-order valence-electron chi connectivity index (χ1n) is 5.89. The van der Waals surface area contributed by atoms with Crippen molar-refractivity contribution in [3.63, 3.8) is 0 Å². The average molecular weight is 262 g/mol. The van der Waals surface area contributed by atoms with Crippen LogP contribution in [-0.4, -0.2) is 12.2 Å². The molecule has 1 N–H and O–H groups in total. The van der Waals surface area contributed by atoms with Crippen LogP contribution in [0.5, 0.6) is 17.2 Å². The monoisotopic (exact) mass is 262 g/mol. The molecule has 0 heterocycles. The molecule has 0 spiro atoms. The normalized spacial score (nSPS) is 12.0. The van der Waals surface area contributed by atoms with Gasteiger partial charge in [0.2, 0.25) is 0 Å². The summed E-state index contributed by atoms with van der Waals surface area (Å²) in [6.07, 6.45) is -0.809. The van der Waals surface area contributed by atoms with Crippen LogP contribution in [0.4, 0.5) is 4.39 Å². The van der Waals surface area contributed by atoms with Gasteiger partial charge in [-0.3, -0.25) is 0 Å². The van der Waals surface area contributed by atoms with Crippen LogP contribution in [0.2, 0.25) is 0 Å². The SMILES string of the molecule is COc1cccc(Oc2ccc(F)cc2[C@@H](C)O)c1. The van der Waals surface area contributed by atoms with Gasteiger partial charge in [-0.25, -0.2) is 4.39 Å². The molecule has 19 heavy (non-hydrogen) atoms. The lowest BCUT2D eigenvalue weighted by molar-refractivity contribution is 0.195. The fourth-order valence-electron chi connectivity index (χ4n) is 1.73. The molecule has 0 bridgehead atoms. The van der Waals surface area contributed by atoms with Crippen LogP contribution in [0.15, 0.2) is 42.5 Å². The molecule has 0 saturated carbocycles. The number of ether oxygens (including phenoxy) is 2. The molecule has 0 aliphatic rings. The summed E-state index contributed by atoms with van der Waals surface area (Å²) >= 11 is 0. The summed E-state index contributed by atoms with van der Waals surface area (Å²) in [6, 6.07) is 11.1. The predicted molar refractivity (Wildman–Crippen MR) is 70.1 cm³/mol. The number of hydrogen-bond donors (Lipinski definition) is 1. The summed E-state index contributed by atoms with van der Waals surface area (Å²) in [6.45, 7) is 1.56. The number of methoxy groups -OCH3 is 1. The second kappa shape index (κ2) is 5.71. The smallest absolute Gasteiger partial charge is 0.133 e. The Morgan fingerprint density at radius 2 is 1.84 bits per heavy atom. The number of rotatable bonds is 4. The third kappa shape index (κ3) is 3.23. The minimum atomic E-state index is -0.809. The highest BCUT2D eigenvalue weighted by molar-refractivity contribution is 5.41. The van der Waals surface area contributed by atoms with Crippen molar-refractivity contribution in [2.24, 2.45) is 0 Å². The van der Waals surface area contributed by atoms with E-state index in [4.69, 9.17) is 9.47 Å². The Bertz CT molecular complexity index is 567. The zero-order chi connectivity index (χ0) is 13.8. The lowest BCUT2D eigenvalue weighted by Gasteiger charge is -2.13. The zero-order valence-electron chi connectivity index (χ0n) is 10.8. The maximum Gasteiger partial charge on any atom is 0.133 e. The summed E-state index contributed by atoms with van der Waals surface area (Å²) in [5.74, 6) is 1.24. The van der Waals surface area contributed by atoms with Crippen molar-refractivity contribution in [1.29, 1.82) is 0 Å². The minimum absolute atomic E-state index is 0.405. The molecule has 0 aromatic heterocycles. The summed E-state index contributed by atoms with van der Waals surface area (Å²) in [4.78, 5) is 0. The molecule has 2 aromatic rings. The van der Waals surface area contributed by atoms with Gasteiger partial charge >= 0.3 is 0 Å². The Morgan fingerprint density at radius 3 is 2.53 bits per heavy atom. The van der Waals surface area contributed by atoms with Crippen LogP contribution in [-0.2, 0) is 0 Å². The van der Waals surface area contributed by atoms with Gasteiger partial charge < -0.3 is 14.6 Å². The van der Waals surface area contributed by atoms with Crippen molar-refractivity contribution >= 4 is 0 Å². The molecule has 0 fully saturated rings. The molecule has 0 aliphatic heterocycles. The maximum atomic E-state index is 13.2. The van der Waals surface area contributed by atoms with Crippen molar-refractivity contribution in [3.05, 3.63) is 53.8 Å². The zero-order valence-corrected chi connectivity index (χ0v) is 10.8. The Morgan fingerprint density at radius 1 is 1.11 bits per heavy atom. The van der Waals surface area contributed by atoms with E-state index >= 15 is 0 Å². The van der Waals surface area contributed by atoms with E-state index in [2.05, 4.69) is 0 Å². The standard InChI is InChI=1S/C15H15FO3/c1-10(17)14-8-11(16)6-7-15(14)19-13-5-3-4-12(9-13)18-2/h3-10,17H,1-2H3/t10-/m1/s1.